The Bertz CT molecular complexity index is 805. The highest BCUT2D eigenvalue weighted by Gasteiger charge is 2.05. The second-order valence-corrected chi connectivity index (χ2v) is 5.59. The Morgan fingerprint density at radius 2 is 1.86 bits per heavy atom. The molecule has 3 aromatic rings. The molecule has 0 fully saturated rings. The van der Waals surface area contributed by atoms with E-state index in [9.17, 15) is 4.79 Å². The van der Waals surface area contributed by atoms with E-state index < -0.39 is 0 Å². The molecule has 0 saturated carbocycles. The van der Waals surface area contributed by atoms with Crippen molar-refractivity contribution in [3.05, 3.63) is 88.9 Å². The van der Waals surface area contributed by atoms with E-state index in [1.807, 2.05) is 59.3 Å². The number of allylic oxidation sites excluding steroid dienone is 1. The smallest absolute Gasteiger partial charge is 0.186 e. The van der Waals surface area contributed by atoms with Gasteiger partial charge >= 0.3 is 0 Å². The molecule has 1 aromatic heterocycles. The van der Waals surface area contributed by atoms with E-state index in [-0.39, 0.29) is 5.78 Å². The summed E-state index contributed by atoms with van der Waals surface area (Å²) in [4.78, 5) is 16.2. The number of hydrogen-bond acceptors (Lipinski definition) is 2. The SMILES string of the molecule is O=C(/C=C/c1ccc(-n2ccnc2)cc1)c1ccccc1Br. The number of aromatic nitrogens is 2. The fourth-order valence-electron chi connectivity index (χ4n) is 2.09. The van der Waals surface area contributed by atoms with Gasteiger partial charge in [0.1, 0.15) is 0 Å². The topological polar surface area (TPSA) is 34.9 Å². The van der Waals surface area contributed by atoms with Crippen molar-refractivity contribution < 1.29 is 4.79 Å². The molecule has 3 rings (SSSR count). The number of ketones is 1. The summed E-state index contributed by atoms with van der Waals surface area (Å²) in [6.07, 6.45) is 8.79. The molecule has 108 valence electrons. The van der Waals surface area contributed by atoms with E-state index in [0.29, 0.717) is 5.56 Å². The minimum absolute atomic E-state index is 0.0221. The maximum absolute atomic E-state index is 12.2. The molecule has 0 saturated heterocycles. The van der Waals surface area contributed by atoms with E-state index >= 15 is 0 Å². The third-order valence-corrected chi connectivity index (χ3v) is 3.95. The van der Waals surface area contributed by atoms with Gasteiger partial charge in [-0.3, -0.25) is 4.79 Å². The Kier molecular flexibility index (Phi) is 4.30. The van der Waals surface area contributed by atoms with Gasteiger partial charge in [0.15, 0.2) is 5.78 Å². The number of benzene rings is 2. The molecule has 0 atom stereocenters. The third-order valence-electron chi connectivity index (χ3n) is 3.26. The molecule has 2 aromatic carbocycles. The number of halogens is 1. The summed E-state index contributed by atoms with van der Waals surface area (Å²) in [6.45, 7) is 0. The third kappa shape index (κ3) is 3.23. The van der Waals surface area contributed by atoms with Crippen LogP contribution in [0.2, 0.25) is 0 Å². The molecule has 1 heterocycles. The van der Waals surface area contributed by atoms with Crippen LogP contribution in [0.25, 0.3) is 11.8 Å². The number of rotatable bonds is 4. The lowest BCUT2D eigenvalue weighted by Gasteiger charge is -2.02. The summed E-state index contributed by atoms with van der Waals surface area (Å²) in [5.74, 6) is -0.0221. The molecule has 0 bridgehead atoms. The molecule has 4 heteroatoms. The molecule has 0 radical (unpaired) electrons. The van der Waals surface area contributed by atoms with Gasteiger partial charge in [-0.05, 0) is 35.9 Å². The van der Waals surface area contributed by atoms with Crippen molar-refractivity contribution in [1.29, 1.82) is 0 Å². The maximum atomic E-state index is 12.2. The van der Waals surface area contributed by atoms with Crippen molar-refractivity contribution in [2.45, 2.75) is 0 Å². The molecule has 0 spiro atoms. The Hall–Kier alpha value is -2.46. The van der Waals surface area contributed by atoms with Gasteiger partial charge in [-0.2, -0.15) is 0 Å². The van der Waals surface area contributed by atoms with Crippen LogP contribution in [0.1, 0.15) is 15.9 Å². The summed E-state index contributed by atoms with van der Waals surface area (Å²) in [5.41, 5.74) is 2.67. The van der Waals surface area contributed by atoms with E-state index in [1.54, 1.807) is 24.7 Å². The highest BCUT2D eigenvalue weighted by atomic mass is 79.9. The molecule has 0 N–H and O–H groups in total. The van der Waals surface area contributed by atoms with Crippen LogP contribution in [-0.2, 0) is 0 Å². The number of nitrogens with zero attached hydrogens (tertiary/aromatic N) is 2. The highest BCUT2D eigenvalue weighted by Crippen LogP contribution is 2.17. The van der Waals surface area contributed by atoms with Crippen LogP contribution >= 0.6 is 15.9 Å². The molecular formula is C18H13BrN2O. The zero-order valence-corrected chi connectivity index (χ0v) is 13.3. The number of carbonyl (C=O) groups is 1. The molecule has 3 nitrogen and oxygen atoms in total. The lowest BCUT2D eigenvalue weighted by Crippen LogP contribution is -1.95. The van der Waals surface area contributed by atoms with Gasteiger partial charge in [0, 0.05) is 28.1 Å². The van der Waals surface area contributed by atoms with Gasteiger partial charge in [0.25, 0.3) is 0 Å². The predicted octanol–water partition coefficient (Wildman–Crippen LogP) is 4.53. The van der Waals surface area contributed by atoms with Crippen LogP contribution < -0.4 is 0 Å². The van der Waals surface area contributed by atoms with Crippen molar-refractivity contribution in [3.63, 3.8) is 0 Å². The highest BCUT2D eigenvalue weighted by molar-refractivity contribution is 9.10. The molecular weight excluding hydrogens is 340 g/mol. The Balaban J connectivity index is 1.76. The van der Waals surface area contributed by atoms with Crippen molar-refractivity contribution in [1.82, 2.24) is 9.55 Å². The van der Waals surface area contributed by atoms with E-state index in [4.69, 9.17) is 0 Å². The molecule has 0 aliphatic rings. The van der Waals surface area contributed by atoms with Crippen LogP contribution in [0.5, 0.6) is 0 Å². The zero-order valence-electron chi connectivity index (χ0n) is 11.7. The van der Waals surface area contributed by atoms with Crippen molar-refractivity contribution >= 4 is 27.8 Å². The minimum Gasteiger partial charge on any atom is -0.306 e. The number of hydrogen-bond donors (Lipinski definition) is 0. The van der Waals surface area contributed by atoms with Gasteiger partial charge in [0.05, 0.1) is 6.33 Å². The fraction of sp³-hybridized carbons (Fsp3) is 0. The summed E-state index contributed by atoms with van der Waals surface area (Å²) < 4.78 is 2.74. The van der Waals surface area contributed by atoms with E-state index in [0.717, 1.165) is 15.7 Å². The minimum atomic E-state index is -0.0221. The zero-order chi connectivity index (χ0) is 15.4. The predicted molar refractivity (Wildman–Crippen MR) is 91.1 cm³/mol. The Morgan fingerprint density at radius 3 is 2.55 bits per heavy atom. The first kappa shape index (κ1) is 14.5. The summed E-state index contributed by atoms with van der Waals surface area (Å²) in [7, 11) is 0. The first-order chi connectivity index (χ1) is 10.7. The lowest BCUT2D eigenvalue weighted by molar-refractivity contribution is 0.104. The van der Waals surface area contributed by atoms with Crippen molar-refractivity contribution in [2.24, 2.45) is 0 Å². The normalized spacial score (nSPS) is 11.0. The van der Waals surface area contributed by atoms with E-state index in [1.165, 1.54) is 0 Å². The summed E-state index contributed by atoms with van der Waals surface area (Å²) in [5, 5.41) is 0. The number of carbonyl (C=O) groups excluding carboxylic acids is 1. The lowest BCUT2D eigenvalue weighted by atomic mass is 10.1. The molecule has 0 aliphatic heterocycles. The first-order valence-corrected chi connectivity index (χ1v) is 7.59. The summed E-state index contributed by atoms with van der Waals surface area (Å²) >= 11 is 3.39. The van der Waals surface area contributed by atoms with Gasteiger partial charge in [-0.15, -0.1) is 0 Å². The van der Waals surface area contributed by atoms with Gasteiger partial charge < -0.3 is 4.57 Å². The standard InChI is InChI=1S/C18H13BrN2O/c19-17-4-2-1-3-16(17)18(22)10-7-14-5-8-15(9-6-14)21-12-11-20-13-21/h1-13H/b10-7+. The molecule has 0 unspecified atom stereocenters. The van der Waals surface area contributed by atoms with Crippen LogP contribution in [0.3, 0.4) is 0 Å². The van der Waals surface area contributed by atoms with Crippen molar-refractivity contribution in [3.8, 4) is 5.69 Å². The van der Waals surface area contributed by atoms with Crippen LogP contribution in [0.4, 0.5) is 0 Å². The van der Waals surface area contributed by atoms with Crippen LogP contribution in [0.15, 0.2) is 77.8 Å². The van der Waals surface area contributed by atoms with Crippen molar-refractivity contribution in [2.75, 3.05) is 0 Å². The summed E-state index contributed by atoms with van der Waals surface area (Å²) in [6, 6.07) is 15.3. The van der Waals surface area contributed by atoms with Crippen LogP contribution in [0, 0.1) is 0 Å². The second-order valence-electron chi connectivity index (χ2n) is 4.74. The Morgan fingerprint density at radius 1 is 1.09 bits per heavy atom. The van der Waals surface area contributed by atoms with Gasteiger partial charge in [-0.25, -0.2) is 4.98 Å². The maximum Gasteiger partial charge on any atom is 0.186 e. The molecule has 22 heavy (non-hydrogen) atoms. The number of imidazole rings is 1. The Labute approximate surface area is 137 Å². The first-order valence-electron chi connectivity index (χ1n) is 6.79. The average Bonchev–Trinajstić information content (AvgIpc) is 3.08. The molecule has 0 aliphatic carbocycles. The van der Waals surface area contributed by atoms with Crippen LogP contribution in [-0.4, -0.2) is 15.3 Å². The largest absolute Gasteiger partial charge is 0.306 e. The quantitative estimate of drug-likeness (QED) is 0.510. The fourth-order valence-corrected chi connectivity index (χ4v) is 2.57. The second kappa shape index (κ2) is 6.54. The van der Waals surface area contributed by atoms with Gasteiger partial charge in [0.2, 0.25) is 0 Å². The molecule has 0 amide bonds. The van der Waals surface area contributed by atoms with Gasteiger partial charge in [-0.1, -0.05) is 46.3 Å². The monoisotopic (exact) mass is 352 g/mol. The van der Waals surface area contributed by atoms with E-state index in [2.05, 4.69) is 20.9 Å². The average molecular weight is 353 g/mol.